The fraction of sp³-hybridized carbons (Fsp3) is 0.300. The number of carbonyl (C=O) groups is 1. The van der Waals surface area contributed by atoms with Gasteiger partial charge in [0, 0.05) is 21.8 Å². The molecule has 0 saturated carbocycles. The Labute approximate surface area is 108 Å². The molecule has 6 heteroatoms. The summed E-state index contributed by atoms with van der Waals surface area (Å²) in [5.41, 5.74) is 0.351. The molecule has 0 amide bonds. The van der Waals surface area contributed by atoms with E-state index < -0.39 is 6.61 Å². The second kappa shape index (κ2) is 6.30. The second-order valence-corrected chi connectivity index (χ2v) is 4.62. The molecule has 0 unspecified atom stereocenters. The maximum absolute atomic E-state index is 12.0. The Hall–Kier alpha value is -0.490. The molecule has 0 radical (unpaired) electrons. The highest BCUT2D eigenvalue weighted by Crippen LogP contribution is 2.23. The Morgan fingerprint density at radius 2 is 2.06 bits per heavy atom. The third-order valence-electron chi connectivity index (χ3n) is 1.74. The zero-order valence-corrected chi connectivity index (χ0v) is 11.2. The number of hydrogen-bond acceptors (Lipinski definition) is 2. The number of hydrogen-bond donors (Lipinski definition) is 0. The topological polar surface area (TPSA) is 26.3 Å². The van der Waals surface area contributed by atoms with Gasteiger partial charge < -0.3 is 4.74 Å². The van der Waals surface area contributed by atoms with Crippen LogP contribution in [-0.4, -0.2) is 17.7 Å². The van der Waals surface area contributed by atoms with E-state index in [0.717, 1.165) is 0 Å². The van der Waals surface area contributed by atoms with Gasteiger partial charge in [-0.05, 0) is 18.2 Å². The predicted molar refractivity (Wildman–Crippen MR) is 63.5 cm³/mol. The van der Waals surface area contributed by atoms with E-state index in [4.69, 9.17) is 0 Å². The molecule has 1 aromatic carbocycles. The minimum Gasteiger partial charge on any atom is -0.435 e. The van der Waals surface area contributed by atoms with Crippen molar-refractivity contribution in [1.29, 1.82) is 0 Å². The molecule has 1 rings (SSSR count). The predicted octanol–water partition coefficient (Wildman–Crippen LogP) is 4.02. The monoisotopic (exact) mass is 356 g/mol. The van der Waals surface area contributed by atoms with Crippen LogP contribution in [-0.2, 0) is 0 Å². The molecule has 0 N–H and O–H groups in total. The van der Waals surface area contributed by atoms with Crippen molar-refractivity contribution in [2.45, 2.75) is 13.0 Å². The van der Waals surface area contributed by atoms with Gasteiger partial charge in [0.25, 0.3) is 0 Å². The van der Waals surface area contributed by atoms with Gasteiger partial charge in [0.05, 0.1) is 0 Å². The molecule has 0 fully saturated rings. The lowest BCUT2D eigenvalue weighted by molar-refractivity contribution is -0.0499. The van der Waals surface area contributed by atoms with Gasteiger partial charge in [0.15, 0.2) is 5.78 Å². The van der Waals surface area contributed by atoms with Crippen molar-refractivity contribution in [2.75, 3.05) is 5.33 Å². The summed E-state index contributed by atoms with van der Waals surface area (Å²) in [6.07, 6.45) is 0.310. The van der Waals surface area contributed by atoms with Crippen LogP contribution >= 0.6 is 31.9 Å². The van der Waals surface area contributed by atoms with Crippen LogP contribution in [0.15, 0.2) is 22.7 Å². The lowest BCUT2D eigenvalue weighted by Gasteiger charge is -2.07. The smallest absolute Gasteiger partial charge is 0.387 e. The van der Waals surface area contributed by atoms with Crippen molar-refractivity contribution in [2.24, 2.45) is 0 Å². The molecule has 0 aromatic heterocycles. The normalized spacial score (nSPS) is 10.6. The van der Waals surface area contributed by atoms with E-state index >= 15 is 0 Å². The first-order valence-electron chi connectivity index (χ1n) is 4.37. The minimum absolute atomic E-state index is 0.0257. The van der Waals surface area contributed by atoms with Crippen LogP contribution in [0.1, 0.15) is 16.8 Å². The molecule has 0 spiro atoms. The van der Waals surface area contributed by atoms with Crippen molar-refractivity contribution in [3.05, 3.63) is 28.2 Å². The number of ether oxygens (including phenoxy) is 1. The van der Waals surface area contributed by atoms with Gasteiger partial charge in [-0.25, -0.2) is 0 Å². The van der Waals surface area contributed by atoms with Crippen molar-refractivity contribution < 1.29 is 18.3 Å². The zero-order chi connectivity index (χ0) is 12.1. The first-order chi connectivity index (χ1) is 7.52. The first kappa shape index (κ1) is 13.6. The summed E-state index contributed by atoms with van der Waals surface area (Å²) in [4.78, 5) is 11.5. The fourth-order valence-corrected chi connectivity index (χ4v) is 1.96. The summed E-state index contributed by atoms with van der Waals surface area (Å²) in [5, 5.41) is 0.531. The van der Waals surface area contributed by atoms with Gasteiger partial charge in [0.2, 0.25) is 0 Å². The quantitative estimate of drug-likeness (QED) is 0.587. The summed E-state index contributed by atoms with van der Waals surface area (Å²) in [5.74, 6) is -0.153. The van der Waals surface area contributed by atoms with Crippen molar-refractivity contribution >= 4 is 37.6 Å². The maximum Gasteiger partial charge on any atom is 0.387 e. The molecule has 0 atom stereocenters. The molecule has 0 heterocycles. The van der Waals surface area contributed by atoms with Crippen LogP contribution < -0.4 is 4.74 Å². The molecular weight excluding hydrogens is 350 g/mol. The largest absolute Gasteiger partial charge is 0.435 e. The molecule has 88 valence electrons. The lowest BCUT2D eigenvalue weighted by atomic mass is 10.1. The highest BCUT2D eigenvalue weighted by molar-refractivity contribution is 9.10. The highest BCUT2D eigenvalue weighted by atomic mass is 79.9. The molecule has 0 saturated heterocycles. The highest BCUT2D eigenvalue weighted by Gasteiger charge is 2.10. The van der Waals surface area contributed by atoms with E-state index in [-0.39, 0.29) is 11.5 Å². The fourth-order valence-electron chi connectivity index (χ4n) is 1.12. The Bertz CT molecular complexity index is 383. The van der Waals surface area contributed by atoms with Crippen LogP contribution in [0.2, 0.25) is 0 Å². The van der Waals surface area contributed by atoms with Crippen molar-refractivity contribution in [1.82, 2.24) is 0 Å². The Morgan fingerprint density at radius 3 is 2.62 bits per heavy atom. The number of rotatable bonds is 5. The van der Waals surface area contributed by atoms with E-state index in [0.29, 0.717) is 21.8 Å². The number of carbonyl (C=O) groups excluding carboxylic acids is 1. The Kier molecular flexibility index (Phi) is 5.34. The zero-order valence-electron chi connectivity index (χ0n) is 8.05. The van der Waals surface area contributed by atoms with Crippen molar-refractivity contribution in [3.8, 4) is 5.75 Å². The van der Waals surface area contributed by atoms with Gasteiger partial charge in [-0.1, -0.05) is 31.9 Å². The lowest BCUT2D eigenvalue weighted by Crippen LogP contribution is -2.04. The molecule has 1 aromatic rings. The summed E-state index contributed by atoms with van der Waals surface area (Å²) in [6, 6.07) is 4.27. The Morgan fingerprint density at radius 1 is 1.38 bits per heavy atom. The molecular formula is C10H8Br2F2O2. The molecule has 2 nitrogen and oxygen atoms in total. The van der Waals surface area contributed by atoms with E-state index in [9.17, 15) is 13.6 Å². The van der Waals surface area contributed by atoms with Gasteiger partial charge in [-0.15, -0.1) is 0 Å². The summed E-state index contributed by atoms with van der Waals surface area (Å²) < 4.78 is 28.8. The summed E-state index contributed by atoms with van der Waals surface area (Å²) in [6.45, 7) is -2.89. The van der Waals surface area contributed by atoms with Crippen LogP contribution in [0.25, 0.3) is 0 Å². The molecule has 0 bridgehead atoms. The van der Waals surface area contributed by atoms with Crippen LogP contribution in [0, 0.1) is 0 Å². The van der Waals surface area contributed by atoms with E-state index in [1.54, 1.807) is 6.07 Å². The number of halogens is 4. The Balaban J connectivity index is 2.93. The SMILES string of the molecule is O=C(CCBr)c1cc(Br)cc(OC(F)F)c1. The van der Waals surface area contributed by atoms with E-state index in [2.05, 4.69) is 36.6 Å². The van der Waals surface area contributed by atoms with Crippen LogP contribution in [0.4, 0.5) is 8.78 Å². The van der Waals surface area contributed by atoms with Crippen LogP contribution in [0.3, 0.4) is 0 Å². The average Bonchev–Trinajstić information content (AvgIpc) is 2.15. The summed E-state index contributed by atoms with van der Waals surface area (Å²) >= 11 is 6.27. The molecule has 16 heavy (non-hydrogen) atoms. The van der Waals surface area contributed by atoms with Gasteiger partial charge in [-0.2, -0.15) is 8.78 Å². The molecule has 0 aliphatic carbocycles. The van der Waals surface area contributed by atoms with E-state index in [1.807, 2.05) is 0 Å². The van der Waals surface area contributed by atoms with E-state index in [1.165, 1.54) is 12.1 Å². The van der Waals surface area contributed by atoms with Gasteiger partial charge >= 0.3 is 6.61 Å². The number of Topliss-reactive ketones (excluding diaryl/α,β-unsaturated/α-hetero) is 1. The first-order valence-corrected chi connectivity index (χ1v) is 6.29. The maximum atomic E-state index is 12.0. The number of ketones is 1. The third-order valence-corrected chi connectivity index (χ3v) is 2.59. The standard InChI is InChI=1S/C10H8Br2F2O2/c11-2-1-9(15)6-3-7(12)5-8(4-6)16-10(13)14/h3-5,10H,1-2H2. The minimum atomic E-state index is -2.89. The average molecular weight is 358 g/mol. The van der Waals surface area contributed by atoms with Crippen LogP contribution in [0.5, 0.6) is 5.75 Å². The van der Waals surface area contributed by atoms with Gasteiger partial charge in [0.1, 0.15) is 5.75 Å². The van der Waals surface area contributed by atoms with Gasteiger partial charge in [-0.3, -0.25) is 4.79 Å². The molecule has 0 aliphatic rings. The third kappa shape index (κ3) is 4.17. The number of benzene rings is 1. The second-order valence-electron chi connectivity index (χ2n) is 2.92. The number of alkyl halides is 3. The molecule has 0 aliphatic heterocycles. The van der Waals surface area contributed by atoms with Crippen molar-refractivity contribution in [3.63, 3.8) is 0 Å². The summed E-state index contributed by atoms with van der Waals surface area (Å²) in [7, 11) is 0.